The van der Waals surface area contributed by atoms with Crippen molar-refractivity contribution in [1.82, 2.24) is 0 Å². The largest absolute Gasteiger partial charge is 0.489 e. The first-order valence-electron chi connectivity index (χ1n) is 8.88. The Balaban J connectivity index is 1.47. The number of nitrogens with zero attached hydrogens (tertiary/aromatic N) is 1. The van der Waals surface area contributed by atoms with Crippen LogP contribution in [-0.2, 0) is 16.2 Å². The van der Waals surface area contributed by atoms with Gasteiger partial charge >= 0.3 is 0 Å². The molecule has 0 radical (unpaired) electrons. The summed E-state index contributed by atoms with van der Waals surface area (Å²) in [5.41, 5.74) is 7.91. The molecule has 3 rings (SSSR count). The number of rotatable bonds is 8. The van der Waals surface area contributed by atoms with E-state index in [-0.39, 0.29) is 12.4 Å². The van der Waals surface area contributed by atoms with Gasteiger partial charge < -0.3 is 20.6 Å². The van der Waals surface area contributed by atoms with E-state index in [2.05, 4.69) is 10.5 Å². The van der Waals surface area contributed by atoms with Crippen molar-refractivity contribution in [2.45, 2.75) is 6.61 Å². The fraction of sp³-hybridized carbons (Fsp3) is 0.0909. The van der Waals surface area contributed by atoms with E-state index in [0.29, 0.717) is 23.6 Å². The molecule has 0 aliphatic rings. The van der Waals surface area contributed by atoms with Crippen molar-refractivity contribution in [2.75, 3.05) is 11.9 Å². The van der Waals surface area contributed by atoms with E-state index in [1.165, 1.54) is 18.2 Å². The highest BCUT2D eigenvalue weighted by atomic mass is 19.1. The number of oxime groups is 1. The minimum atomic E-state index is -0.475. The van der Waals surface area contributed by atoms with Crippen molar-refractivity contribution in [2.24, 2.45) is 10.9 Å². The summed E-state index contributed by atoms with van der Waals surface area (Å²) >= 11 is 0. The summed E-state index contributed by atoms with van der Waals surface area (Å²) in [5.74, 6) is -0.0991. The minimum absolute atomic E-state index is 0.123. The monoisotopic (exact) mass is 393 g/mol. The fourth-order valence-electron chi connectivity index (χ4n) is 2.44. The predicted octanol–water partition coefficient (Wildman–Crippen LogP) is 3.68. The summed E-state index contributed by atoms with van der Waals surface area (Å²) in [7, 11) is 0. The maximum absolute atomic E-state index is 13.1. The Labute approximate surface area is 167 Å². The van der Waals surface area contributed by atoms with Crippen LogP contribution in [0, 0.1) is 5.82 Å². The molecule has 3 N–H and O–H groups in total. The third kappa shape index (κ3) is 6.35. The van der Waals surface area contributed by atoms with Gasteiger partial charge in [0.2, 0.25) is 0 Å². The zero-order valence-electron chi connectivity index (χ0n) is 15.5. The molecule has 0 aliphatic heterocycles. The Morgan fingerprint density at radius 1 is 1.00 bits per heavy atom. The molecular weight excluding hydrogens is 373 g/mol. The summed E-state index contributed by atoms with van der Waals surface area (Å²) in [6.45, 7) is 0.114. The summed E-state index contributed by atoms with van der Waals surface area (Å²) in [4.78, 5) is 16.8. The SMILES string of the molecule is N/C(=N/OCC(=O)Nc1cccc(F)c1)c1ccc(OCc2ccccc2)cc1. The maximum Gasteiger partial charge on any atom is 0.265 e. The molecule has 0 unspecified atom stereocenters. The lowest BCUT2D eigenvalue weighted by atomic mass is 10.2. The molecule has 6 nitrogen and oxygen atoms in total. The van der Waals surface area contributed by atoms with Crippen molar-refractivity contribution in [3.63, 3.8) is 0 Å². The predicted molar refractivity (Wildman–Crippen MR) is 109 cm³/mol. The van der Waals surface area contributed by atoms with Gasteiger partial charge in [-0.3, -0.25) is 4.79 Å². The van der Waals surface area contributed by atoms with Gasteiger partial charge in [0.15, 0.2) is 12.4 Å². The van der Waals surface area contributed by atoms with Crippen molar-refractivity contribution >= 4 is 17.4 Å². The van der Waals surface area contributed by atoms with Gasteiger partial charge in [0.1, 0.15) is 18.2 Å². The molecule has 0 fully saturated rings. The molecule has 7 heteroatoms. The van der Waals surface area contributed by atoms with Gasteiger partial charge in [-0.1, -0.05) is 41.6 Å². The van der Waals surface area contributed by atoms with E-state index in [0.717, 1.165) is 5.56 Å². The molecule has 0 aliphatic carbocycles. The van der Waals surface area contributed by atoms with Crippen molar-refractivity contribution < 1.29 is 18.8 Å². The lowest BCUT2D eigenvalue weighted by Crippen LogP contribution is -2.19. The average molecular weight is 393 g/mol. The van der Waals surface area contributed by atoms with Gasteiger partial charge in [0.05, 0.1) is 0 Å². The van der Waals surface area contributed by atoms with Crippen LogP contribution in [0.1, 0.15) is 11.1 Å². The molecule has 3 aromatic rings. The molecule has 0 saturated heterocycles. The Morgan fingerprint density at radius 3 is 2.48 bits per heavy atom. The second-order valence-electron chi connectivity index (χ2n) is 6.11. The Morgan fingerprint density at radius 2 is 1.76 bits per heavy atom. The highest BCUT2D eigenvalue weighted by Crippen LogP contribution is 2.14. The first-order chi connectivity index (χ1) is 14.1. The molecular formula is C22H20FN3O3. The van der Waals surface area contributed by atoms with E-state index < -0.39 is 11.7 Å². The summed E-state index contributed by atoms with van der Waals surface area (Å²) in [6, 6.07) is 22.4. The number of carbonyl (C=O) groups excluding carboxylic acids is 1. The molecule has 1 amide bonds. The second-order valence-corrected chi connectivity index (χ2v) is 6.11. The van der Waals surface area contributed by atoms with E-state index in [1.807, 2.05) is 30.3 Å². The number of benzene rings is 3. The number of carbonyl (C=O) groups is 1. The van der Waals surface area contributed by atoms with Gasteiger partial charge in [-0.15, -0.1) is 0 Å². The number of hydrogen-bond donors (Lipinski definition) is 2. The molecule has 29 heavy (non-hydrogen) atoms. The van der Waals surface area contributed by atoms with Crippen LogP contribution in [0.25, 0.3) is 0 Å². The molecule has 0 atom stereocenters. The third-order valence-electron chi connectivity index (χ3n) is 3.87. The molecule has 0 heterocycles. The highest BCUT2D eigenvalue weighted by Gasteiger charge is 2.05. The van der Waals surface area contributed by atoms with Crippen molar-refractivity contribution in [3.05, 3.63) is 95.8 Å². The number of ether oxygens (including phenoxy) is 1. The highest BCUT2D eigenvalue weighted by molar-refractivity contribution is 5.97. The van der Waals surface area contributed by atoms with Gasteiger partial charge in [-0.05, 0) is 48.0 Å². The number of halogens is 1. The second kappa shape index (κ2) is 9.89. The Hall–Kier alpha value is -3.87. The first kappa shape index (κ1) is 19.9. The van der Waals surface area contributed by atoms with Crippen LogP contribution in [0.2, 0.25) is 0 Å². The zero-order valence-corrected chi connectivity index (χ0v) is 15.5. The van der Waals surface area contributed by atoms with Crippen LogP contribution < -0.4 is 15.8 Å². The Bertz CT molecular complexity index is 976. The molecule has 0 spiro atoms. The maximum atomic E-state index is 13.1. The number of nitrogens with two attached hydrogens (primary N) is 1. The number of amidine groups is 1. The van der Waals surface area contributed by atoms with Crippen molar-refractivity contribution in [1.29, 1.82) is 0 Å². The van der Waals surface area contributed by atoms with E-state index in [1.54, 1.807) is 30.3 Å². The summed E-state index contributed by atoms with van der Waals surface area (Å²) < 4.78 is 18.8. The average Bonchev–Trinajstić information content (AvgIpc) is 2.73. The summed E-state index contributed by atoms with van der Waals surface area (Å²) in [5, 5.41) is 6.24. The number of anilines is 1. The van der Waals surface area contributed by atoms with Crippen LogP contribution >= 0.6 is 0 Å². The standard InChI is InChI=1S/C22H20FN3O3/c23-18-7-4-8-19(13-18)25-21(27)15-29-26-22(24)17-9-11-20(12-10-17)28-14-16-5-2-1-3-6-16/h1-13H,14-15H2,(H2,24,26)(H,25,27). The van der Waals surface area contributed by atoms with Crippen molar-refractivity contribution in [3.8, 4) is 5.75 Å². The normalized spacial score (nSPS) is 11.0. The van der Waals surface area contributed by atoms with Crippen LogP contribution in [0.5, 0.6) is 5.75 Å². The van der Waals surface area contributed by atoms with Crippen LogP contribution in [0.3, 0.4) is 0 Å². The molecule has 0 saturated carbocycles. The van der Waals surface area contributed by atoms with Crippen LogP contribution in [0.4, 0.5) is 10.1 Å². The van der Waals surface area contributed by atoms with E-state index >= 15 is 0 Å². The van der Waals surface area contributed by atoms with Gasteiger partial charge in [0.25, 0.3) is 5.91 Å². The fourth-order valence-corrected chi connectivity index (χ4v) is 2.44. The lowest BCUT2D eigenvalue weighted by molar-refractivity contribution is -0.120. The van der Waals surface area contributed by atoms with Crippen LogP contribution in [-0.4, -0.2) is 18.3 Å². The molecule has 148 valence electrons. The third-order valence-corrected chi connectivity index (χ3v) is 3.87. The van der Waals surface area contributed by atoms with Gasteiger partial charge in [-0.25, -0.2) is 4.39 Å². The summed E-state index contributed by atoms with van der Waals surface area (Å²) in [6.07, 6.45) is 0. The quantitative estimate of drug-likeness (QED) is 0.347. The first-order valence-corrected chi connectivity index (χ1v) is 8.88. The van der Waals surface area contributed by atoms with E-state index in [9.17, 15) is 9.18 Å². The topological polar surface area (TPSA) is 85.9 Å². The zero-order chi connectivity index (χ0) is 20.5. The van der Waals surface area contributed by atoms with Crippen LogP contribution in [0.15, 0.2) is 84.0 Å². The lowest BCUT2D eigenvalue weighted by Gasteiger charge is -2.07. The molecule has 3 aromatic carbocycles. The molecule has 0 bridgehead atoms. The Kier molecular flexibility index (Phi) is 6.78. The number of hydrogen-bond acceptors (Lipinski definition) is 4. The molecule has 0 aromatic heterocycles. The smallest absolute Gasteiger partial charge is 0.265 e. The number of amides is 1. The minimum Gasteiger partial charge on any atom is -0.489 e. The van der Waals surface area contributed by atoms with E-state index in [4.69, 9.17) is 15.3 Å². The number of nitrogens with one attached hydrogen (secondary N) is 1. The van der Waals surface area contributed by atoms with Gasteiger partial charge in [0, 0.05) is 11.3 Å². The van der Waals surface area contributed by atoms with Gasteiger partial charge in [-0.2, -0.15) is 0 Å².